The van der Waals surface area contributed by atoms with Gasteiger partial charge in [0.25, 0.3) is 5.91 Å². The Hall–Kier alpha value is -3.10. The maximum Gasteiger partial charge on any atom is 0.338 e. The number of nitrogens with one attached hydrogen (secondary N) is 2. The van der Waals surface area contributed by atoms with Crippen LogP contribution in [0, 0.1) is 0 Å². The van der Waals surface area contributed by atoms with Gasteiger partial charge >= 0.3 is 5.97 Å². The van der Waals surface area contributed by atoms with Crippen LogP contribution in [0.3, 0.4) is 0 Å². The molecule has 0 radical (unpaired) electrons. The summed E-state index contributed by atoms with van der Waals surface area (Å²) in [5.41, 5.74) is 2.08. The lowest BCUT2D eigenvalue weighted by molar-refractivity contribution is -0.921. The van der Waals surface area contributed by atoms with Gasteiger partial charge < -0.3 is 29.2 Å². The molecule has 1 aliphatic rings. The zero-order chi connectivity index (χ0) is 21.3. The van der Waals surface area contributed by atoms with Gasteiger partial charge in [-0.2, -0.15) is 0 Å². The molecule has 1 fully saturated rings. The molecule has 0 spiro atoms. The number of morpholine rings is 1. The lowest BCUT2D eigenvalue weighted by Gasteiger charge is -2.23. The third-order valence-electron chi connectivity index (χ3n) is 4.85. The van der Waals surface area contributed by atoms with Crippen molar-refractivity contribution in [2.45, 2.75) is 6.54 Å². The molecule has 1 amide bonds. The first-order chi connectivity index (χ1) is 14.6. The molecule has 3 rings (SSSR count). The fraction of sp³-hybridized carbons (Fsp3) is 0.364. The zero-order valence-corrected chi connectivity index (χ0v) is 17.2. The summed E-state index contributed by atoms with van der Waals surface area (Å²) in [7, 11) is 3.05. The quantitative estimate of drug-likeness (QED) is 0.624. The smallest absolute Gasteiger partial charge is 0.338 e. The van der Waals surface area contributed by atoms with Crippen molar-refractivity contribution in [1.82, 2.24) is 0 Å². The van der Waals surface area contributed by atoms with Gasteiger partial charge in [0.2, 0.25) is 0 Å². The van der Waals surface area contributed by atoms with E-state index in [0.29, 0.717) is 22.7 Å². The van der Waals surface area contributed by atoms with Crippen molar-refractivity contribution < 1.29 is 33.4 Å². The maximum atomic E-state index is 12.2. The van der Waals surface area contributed by atoms with Crippen LogP contribution in [0.2, 0.25) is 0 Å². The highest BCUT2D eigenvalue weighted by molar-refractivity contribution is 5.95. The van der Waals surface area contributed by atoms with Crippen LogP contribution in [0.4, 0.5) is 5.69 Å². The number of hydrogen-bond donors (Lipinski definition) is 2. The number of benzene rings is 2. The van der Waals surface area contributed by atoms with Gasteiger partial charge in [-0.15, -0.1) is 0 Å². The Labute approximate surface area is 175 Å². The molecule has 2 aromatic rings. The molecule has 0 aliphatic carbocycles. The van der Waals surface area contributed by atoms with Gasteiger partial charge in [0, 0.05) is 17.3 Å². The second-order valence-corrected chi connectivity index (χ2v) is 6.93. The predicted molar refractivity (Wildman–Crippen MR) is 110 cm³/mol. The predicted octanol–water partition coefficient (Wildman–Crippen LogP) is 0.914. The molecule has 0 aromatic heterocycles. The lowest BCUT2D eigenvalue weighted by Crippen LogP contribution is -3.12. The maximum absolute atomic E-state index is 12.2. The van der Waals surface area contributed by atoms with Crippen LogP contribution >= 0.6 is 0 Å². The van der Waals surface area contributed by atoms with Gasteiger partial charge in [-0.1, -0.05) is 12.1 Å². The summed E-state index contributed by atoms with van der Waals surface area (Å²) in [6.45, 7) is 4.05. The van der Waals surface area contributed by atoms with Gasteiger partial charge in [-0.3, -0.25) is 4.79 Å². The summed E-state index contributed by atoms with van der Waals surface area (Å²) in [5.74, 6) is 0.0673. The van der Waals surface area contributed by atoms with E-state index in [1.807, 2.05) is 12.1 Å². The molecule has 8 heteroatoms. The third-order valence-corrected chi connectivity index (χ3v) is 4.85. The second-order valence-electron chi connectivity index (χ2n) is 6.93. The molecule has 30 heavy (non-hydrogen) atoms. The molecule has 0 bridgehead atoms. The number of carbonyl (C=O) groups excluding carboxylic acids is 2. The summed E-state index contributed by atoms with van der Waals surface area (Å²) in [4.78, 5) is 25.8. The number of carbonyl (C=O) groups is 2. The van der Waals surface area contributed by atoms with E-state index in [9.17, 15) is 9.59 Å². The van der Waals surface area contributed by atoms with Crippen molar-refractivity contribution in [3.8, 4) is 11.5 Å². The zero-order valence-electron chi connectivity index (χ0n) is 17.2. The fourth-order valence-electron chi connectivity index (χ4n) is 3.21. The highest BCUT2D eigenvalue weighted by atomic mass is 16.5. The average Bonchev–Trinajstić information content (AvgIpc) is 2.78. The van der Waals surface area contributed by atoms with Crippen molar-refractivity contribution in [1.29, 1.82) is 0 Å². The van der Waals surface area contributed by atoms with E-state index in [2.05, 4.69) is 5.32 Å². The Morgan fingerprint density at radius 1 is 1.00 bits per heavy atom. The van der Waals surface area contributed by atoms with Crippen LogP contribution in [0.5, 0.6) is 11.5 Å². The third kappa shape index (κ3) is 5.95. The summed E-state index contributed by atoms with van der Waals surface area (Å²) >= 11 is 0. The molecule has 1 saturated heterocycles. The van der Waals surface area contributed by atoms with Gasteiger partial charge in [-0.05, 0) is 24.3 Å². The van der Waals surface area contributed by atoms with Crippen molar-refractivity contribution in [2.24, 2.45) is 0 Å². The van der Waals surface area contributed by atoms with Crippen molar-refractivity contribution in [2.75, 3.05) is 52.4 Å². The highest BCUT2D eigenvalue weighted by Gasteiger charge is 2.15. The van der Waals surface area contributed by atoms with E-state index in [1.165, 1.54) is 19.1 Å². The van der Waals surface area contributed by atoms with Gasteiger partial charge in [-0.25, -0.2) is 4.79 Å². The molecular weight excluding hydrogens is 388 g/mol. The largest absolute Gasteiger partial charge is 0.493 e. The van der Waals surface area contributed by atoms with E-state index in [4.69, 9.17) is 18.9 Å². The number of methoxy groups -OCH3 is 2. The lowest BCUT2D eigenvalue weighted by atomic mass is 10.1. The van der Waals surface area contributed by atoms with Gasteiger partial charge in [0.1, 0.15) is 19.6 Å². The van der Waals surface area contributed by atoms with Crippen LogP contribution in [-0.4, -0.2) is 59.0 Å². The summed E-state index contributed by atoms with van der Waals surface area (Å²) in [6, 6.07) is 12.3. The molecule has 160 valence electrons. The minimum atomic E-state index is -0.539. The molecule has 8 nitrogen and oxygen atoms in total. The number of anilines is 1. The van der Waals surface area contributed by atoms with Gasteiger partial charge in [0.05, 0.1) is 33.0 Å². The number of amides is 1. The number of quaternary nitrogens is 1. The Balaban J connectivity index is 1.48. The fourth-order valence-corrected chi connectivity index (χ4v) is 3.21. The summed E-state index contributed by atoms with van der Waals surface area (Å²) < 4.78 is 20.9. The molecule has 1 heterocycles. The first-order valence-electron chi connectivity index (χ1n) is 9.78. The molecule has 0 saturated carbocycles. The minimum Gasteiger partial charge on any atom is -0.493 e. The van der Waals surface area contributed by atoms with Crippen molar-refractivity contribution >= 4 is 17.6 Å². The average molecular weight is 415 g/mol. The molecule has 2 aromatic carbocycles. The Morgan fingerprint density at radius 2 is 1.70 bits per heavy atom. The summed E-state index contributed by atoms with van der Waals surface area (Å²) in [5, 5.41) is 2.66. The Morgan fingerprint density at radius 3 is 2.37 bits per heavy atom. The standard InChI is InChI=1S/C22H26N2O6/c1-27-19-8-7-18(13-20(19)28-2)23-21(25)15-30-22(26)17-5-3-16(4-6-17)14-24-9-11-29-12-10-24/h3-8,13H,9-12,14-15H2,1-2H3,(H,23,25)/p+1. The topological polar surface area (TPSA) is 87.5 Å². The molecule has 1 aliphatic heterocycles. The normalized spacial score (nSPS) is 14.1. The number of hydrogen-bond acceptors (Lipinski definition) is 6. The molecular formula is C22H27N2O6+. The van der Waals surface area contributed by atoms with Crippen LogP contribution in [0.25, 0.3) is 0 Å². The van der Waals surface area contributed by atoms with E-state index in [-0.39, 0.29) is 6.61 Å². The van der Waals surface area contributed by atoms with Crippen LogP contribution < -0.4 is 19.7 Å². The number of esters is 1. The van der Waals surface area contributed by atoms with Crippen molar-refractivity contribution in [3.63, 3.8) is 0 Å². The molecule has 2 N–H and O–H groups in total. The number of ether oxygens (including phenoxy) is 4. The van der Waals surface area contributed by atoms with Crippen LogP contribution in [0.15, 0.2) is 42.5 Å². The van der Waals surface area contributed by atoms with E-state index in [1.54, 1.807) is 30.3 Å². The SMILES string of the molecule is COc1ccc(NC(=O)COC(=O)c2ccc(C[NH+]3CCOCC3)cc2)cc1OC. The van der Waals surface area contributed by atoms with Crippen molar-refractivity contribution in [3.05, 3.63) is 53.6 Å². The summed E-state index contributed by atoms with van der Waals surface area (Å²) in [6.07, 6.45) is 0. The van der Waals surface area contributed by atoms with E-state index in [0.717, 1.165) is 38.4 Å². The van der Waals surface area contributed by atoms with E-state index >= 15 is 0 Å². The highest BCUT2D eigenvalue weighted by Crippen LogP contribution is 2.29. The Kier molecular flexibility index (Phi) is 7.64. The number of rotatable bonds is 8. The molecule has 0 atom stereocenters. The van der Waals surface area contributed by atoms with E-state index < -0.39 is 11.9 Å². The van der Waals surface area contributed by atoms with Crippen LogP contribution in [0.1, 0.15) is 15.9 Å². The monoisotopic (exact) mass is 415 g/mol. The first-order valence-corrected chi connectivity index (χ1v) is 9.78. The second kappa shape index (κ2) is 10.6. The minimum absolute atomic E-state index is 0.382. The molecule has 0 unspecified atom stereocenters. The van der Waals surface area contributed by atoms with Crippen LogP contribution in [-0.2, 0) is 20.8 Å². The first kappa shape index (κ1) is 21.6. The Bertz CT molecular complexity index is 862. The van der Waals surface area contributed by atoms with Gasteiger partial charge in [0.15, 0.2) is 18.1 Å².